The van der Waals surface area contributed by atoms with Gasteiger partial charge in [0.05, 0.1) is 7.11 Å². The minimum Gasteiger partial charge on any atom is -0.489 e. The molecule has 2 rings (SSSR count). The largest absolute Gasteiger partial charge is 0.489 e. The van der Waals surface area contributed by atoms with Gasteiger partial charge in [-0.05, 0) is 13.0 Å². The molecule has 74 valence electrons. The molecule has 14 heavy (non-hydrogen) atoms. The van der Waals surface area contributed by atoms with Crippen molar-refractivity contribution in [1.29, 1.82) is 0 Å². The smallest absolute Gasteiger partial charge is 0.317 e. The van der Waals surface area contributed by atoms with Gasteiger partial charge in [-0.15, -0.1) is 0 Å². The Morgan fingerprint density at radius 2 is 2.14 bits per heavy atom. The van der Waals surface area contributed by atoms with Crippen LogP contribution >= 0.6 is 0 Å². The third kappa shape index (κ3) is 1.25. The molecule has 1 aliphatic rings. The molecule has 1 heterocycles. The summed E-state index contributed by atoms with van der Waals surface area (Å²) in [6.45, 7) is 1.88. The highest BCUT2D eigenvalue weighted by Gasteiger charge is 2.37. The summed E-state index contributed by atoms with van der Waals surface area (Å²) in [5.74, 6) is 0.272. The molecule has 0 spiro atoms. The summed E-state index contributed by atoms with van der Waals surface area (Å²) in [5, 5.41) is 0. The van der Waals surface area contributed by atoms with Crippen molar-refractivity contribution in [2.75, 3.05) is 7.11 Å². The predicted octanol–water partition coefficient (Wildman–Crippen LogP) is 1.72. The number of hydrogen-bond acceptors (Lipinski definition) is 3. The number of para-hydroxylation sites is 1. The molecule has 0 saturated carbocycles. The number of ether oxygens (including phenoxy) is 2. The van der Waals surface area contributed by atoms with E-state index in [4.69, 9.17) is 9.47 Å². The minimum absolute atomic E-state index is 0.139. The van der Waals surface area contributed by atoms with Gasteiger partial charge in [0.1, 0.15) is 17.8 Å². The number of methoxy groups -OCH3 is 1. The Bertz CT molecular complexity index is 359. The van der Waals surface area contributed by atoms with E-state index >= 15 is 0 Å². The lowest BCUT2D eigenvalue weighted by molar-refractivity contribution is -0.143. The van der Waals surface area contributed by atoms with Crippen molar-refractivity contribution in [3.8, 4) is 5.75 Å². The summed E-state index contributed by atoms with van der Waals surface area (Å²) in [6.07, 6.45) is -0.139. The minimum atomic E-state index is -0.281. The Morgan fingerprint density at radius 3 is 2.86 bits per heavy atom. The van der Waals surface area contributed by atoms with Gasteiger partial charge in [0.25, 0.3) is 0 Å². The van der Waals surface area contributed by atoms with E-state index in [-0.39, 0.29) is 18.0 Å². The van der Waals surface area contributed by atoms with Crippen LogP contribution in [0.4, 0.5) is 0 Å². The van der Waals surface area contributed by atoms with E-state index in [1.165, 1.54) is 7.11 Å². The van der Waals surface area contributed by atoms with Crippen LogP contribution in [-0.4, -0.2) is 19.2 Å². The molecule has 0 fully saturated rings. The van der Waals surface area contributed by atoms with Gasteiger partial charge < -0.3 is 9.47 Å². The molecular weight excluding hydrogens is 180 g/mol. The maximum Gasteiger partial charge on any atom is 0.317 e. The maximum absolute atomic E-state index is 11.5. The van der Waals surface area contributed by atoms with Gasteiger partial charge in [0.2, 0.25) is 0 Å². The standard InChI is InChI=1S/C11H12O3/c1-7-10(11(12)13-2)8-5-3-4-6-9(8)14-7/h3-7,10H,1-2H3/t7-,10-/m0/s1. The van der Waals surface area contributed by atoms with E-state index in [0.29, 0.717) is 0 Å². The number of carbonyl (C=O) groups excluding carboxylic acids is 1. The fraction of sp³-hybridized carbons (Fsp3) is 0.364. The van der Waals surface area contributed by atoms with Crippen LogP contribution in [0.5, 0.6) is 5.75 Å². The topological polar surface area (TPSA) is 35.5 Å². The molecule has 2 atom stereocenters. The predicted molar refractivity (Wildman–Crippen MR) is 51.3 cm³/mol. The molecule has 0 radical (unpaired) electrons. The number of hydrogen-bond donors (Lipinski definition) is 0. The molecule has 0 bridgehead atoms. The van der Waals surface area contributed by atoms with Gasteiger partial charge in [-0.3, -0.25) is 4.79 Å². The average molecular weight is 192 g/mol. The van der Waals surface area contributed by atoms with Gasteiger partial charge in [0, 0.05) is 5.56 Å². The first-order valence-electron chi connectivity index (χ1n) is 4.57. The van der Waals surface area contributed by atoms with Gasteiger partial charge in [0.15, 0.2) is 0 Å². The van der Waals surface area contributed by atoms with Gasteiger partial charge in [-0.1, -0.05) is 18.2 Å². The summed E-state index contributed by atoms with van der Waals surface area (Å²) in [4.78, 5) is 11.5. The summed E-state index contributed by atoms with van der Waals surface area (Å²) in [5.41, 5.74) is 0.923. The first-order chi connectivity index (χ1) is 6.74. The number of rotatable bonds is 1. The van der Waals surface area contributed by atoms with E-state index in [1.54, 1.807) is 0 Å². The molecule has 3 heteroatoms. The second kappa shape index (κ2) is 3.33. The molecule has 0 amide bonds. The van der Waals surface area contributed by atoms with Crippen molar-refractivity contribution in [2.24, 2.45) is 0 Å². The van der Waals surface area contributed by atoms with E-state index in [0.717, 1.165) is 11.3 Å². The lowest BCUT2D eigenvalue weighted by atomic mass is 9.97. The molecule has 1 aromatic carbocycles. The third-order valence-electron chi connectivity index (χ3n) is 2.49. The second-order valence-electron chi connectivity index (χ2n) is 3.36. The summed E-state index contributed by atoms with van der Waals surface area (Å²) >= 11 is 0. The average Bonchev–Trinajstić information content (AvgIpc) is 2.53. The maximum atomic E-state index is 11.5. The monoisotopic (exact) mass is 192 g/mol. The molecule has 0 N–H and O–H groups in total. The highest BCUT2D eigenvalue weighted by atomic mass is 16.5. The van der Waals surface area contributed by atoms with Gasteiger partial charge >= 0.3 is 5.97 Å². The highest BCUT2D eigenvalue weighted by molar-refractivity contribution is 5.81. The van der Waals surface area contributed by atoms with Gasteiger partial charge in [-0.25, -0.2) is 0 Å². The van der Waals surface area contributed by atoms with Crippen molar-refractivity contribution in [1.82, 2.24) is 0 Å². The molecule has 0 aromatic heterocycles. The fourth-order valence-corrected chi connectivity index (χ4v) is 1.81. The van der Waals surface area contributed by atoms with E-state index in [2.05, 4.69) is 0 Å². The van der Waals surface area contributed by atoms with Crippen molar-refractivity contribution >= 4 is 5.97 Å². The Hall–Kier alpha value is -1.51. The molecule has 0 aliphatic carbocycles. The van der Waals surface area contributed by atoms with E-state index < -0.39 is 0 Å². The zero-order chi connectivity index (χ0) is 10.1. The molecule has 3 nitrogen and oxygen atoms in total. The van der Waals surface area contributed by atoms with Crippen molar-refractivity contribution in [3.63, 3.8) is 0 Å². The lowest BCUT2D eigenvalue weighted by Gasteiger charge is -2.11. The third-order valence-corrected chi connectivity index (χ3v) is 2.49. The lowest BCUT2D eigenvalue weighted by Crippen LogP contribution is -2.23. The first-order valence-corrected chi connectivity index (χ1v) is 4.57. The summed E-state index contributed by atoms with van der Waals surface area (Å²) in [6, 6.07) is 7.57. The summed E-state index contributed by atoms with van der Waals surface area (Å²) in [7, 11) is 1.40. The fourth-order valence-electron chi connectivity index (χ4n) is 1.81. The second-order valence-corrected chi connectivity index (χ2v) is 3.36. The van der Waals surface area contributed by atoms with Crippen LogP contribution in [-0.2, 0) is 9.53 Å². The first kappa shape index (κ1) is 9.06. The molecule has 0 unspecified atom stereocenters. The van der Waals surface area contributed by atoms with E-state index in [1.807, 2.05) is 31.2 Å². The Morgan fingerprint density at radius 1 is 1.43 bits per heavy atom. The van der Waals surface area contributed by atoms with Crippen molar-refractivity contribution in [2.45, 2.75) is 18.9 Å². The quantitative estimate of drug-likeness (QED) is 0.635. The van der Waals surface area contributed by atoms with Crippen LogP contribution in [0.1, 0.15) is 18.4 Å². The molecular formula is C11H12O3. The molecule has 1 aromatic rings. The van der Waals surface area contributed by atoms with Gasteiger partial charge in [-0.2, -0.15) is 0 Å². The van der Waals surface area contributed by atoms with Crippen LogP contribution in [0, 0.1) is 0 Å². The van der Waals surface area contributed by atoms with Crippen molar-refractivity contribution in [3.05, 3.63) is 29.8 Å². The van der Waals surface area contributed by atoms with Crippen molar-refractivity contribution < 1.29 is 14.3 Å². The Balaban J connectivity index is 2.39. The Labute approximate surface area is 82.6 Å². The van der Waals surface area contributed by atoms with Crippen LogP contribution in [0.15, 0.2) is 24.3 Å². The highest BCUT2D eigenvalue weighted by Crippen LogP contribution is 2.38. The van der Waals surface area contributed by atoms with Crippen LogP contribution in [0.25, 0.3) is 0 Å². The zero-order valence-corrected chi connectivity index (χ0v) is 8.19. The summed E-state index contributed by atoms with van der Waals surface area (Å²) < 4.78 is 10.3. The molecule has 0 saturated heterocycles. The Kier molecular flexibility index (Phi) is 2.15. The van der Waals surface area contributed by atoms with E-state index in [9.17, 15) is 4.79 Å². The normalized spacial score (nSPS) is 23.9. The zero-order valence-electron chi connectivity index (χ0n) is 8.19. The number of carbonyl (C=O) groups is 1. The van der Waals surface area contributed by atoms with Crippen LogP contribution in [0.2, 0.25) is 0 Å². The SMILES string of the molecule is COC(=O)[C@@H]1c2ccccc2O[C@H]1C. The van der Waals surface area contributed by atoms with Crippen LogP contribution in [0.3, 0.4) is 0 Å². The number of esters is 1. The number of benzene rings is 1. The molecule has 1 aliphatic heterocycles. The van der Waals surface area contributed by atoms with Crippen LogP contribution < -0.4 is 4.74 Å². The number of fused-ring (bicyclic) bond motifs is 1.